The van der Waals surface area contributed by atoms with Crippen LogP contribution >= 0.6 is 11.6 Å². The van der Waals surface area contributed by atoms with E-state index in [4.69, 9.17) is 16.7 Å². The molecule has 5 heteroatoms. The first-order valence-electron chi connectivity index (χ1n) is 6.28. The number of hydrogen-bond donors (Lipinski definition) is 1. The van der Waals surface area contributed by atoms with Crippen molar-refractivity contribution in [3.8, 4) is 16.8 Å². The molecule has 0 spiro atoms. The van der Waals surface area contributed by atoms with E-state index in [2.05, 4.69) is 5.10 Å². The molecule has 1 N–H and O–H groups in total. The molecular formula is C16H11ClN2O2. The van der Waals surface area contributed by atoms with E-state index in [1.54, 1.807) is 35.1 Å². The van der Waals surface area contributed by atoms with Crippen molar-refractivity contribution < 1.29 is 9.90 Å². The van der Waals surface area contributed by atoms with E-state index in [1.807, 2.05) is 30.5 Å². The number of carbonyl (C=O) groups is 1. The van der Waals surface area contributed by atoms with Gasteiger partial charge in [0.1, 0.15) is 0 Å². The zero-order chi connectivity index (χ0) is 14.8. The lowest BCUT2D eigenvalue weighted by molar-refractivity contribution is 0.0697. The molecule has 0 fully saturated rings. The quantitative estimate of drug-likeness (QED) is 0.798. The predicted octanol–water partition coefficient (Wildman–Crippen LogP) is 3.89. The molecule has 0 saturated heterocycles. The highest BCUT2D eigenvalue weighted by atomic mass is 35.5. The summed E-state index contributed by atoms with van der Waals surface area (Å²) in [6.45, 7) is 0. The zero-order valence-corrected chi connectivity index (χ0v) is 11.7. The summed E-state index contributed by atoms with van der Waals surface area (Å²) in [5, 5.41) is 13.9. The van der Waals surface area contributed by atoms with E-state index in [0.717, 1.165) is 11.1 Å². The van der Waals surface area contributed by atoms with Gasteiger partial charge in [-0.2, -0.15) is 5.10 Å². The molecule has 1 heterocycles. The van der Waals surface area contributed by atoms with Crippen LogP contribution in [0.5, 0.6) is 0 Å². The minimum Gasteiger partial charge on any atom is -0.478 e. The Morgan fingerprint density at radius 3 is 2.71 bits per heavy atom. The molecule has 0 atom stereocenters. The van der Waals surface area contributed by atoms with Gasteiger partial charge in [0.2, 0.25) is 0 Å². The lowest BCUT2D eigenvalue weighted by atomic mass is 10.1. The Labute approximate surface area is 126 Å². The third-order valence-corrected chi connectivity index (χ3v) is 3.45. The van der Waals surface area contributed by atoms with Crippen molar-refractivity contribution in [1.29, 1.82) is 0 Å². The number of rotatable bonds is 3. The molecule has 0 amide bonds. The normalized spacial score (nSPS) is 10.5. The molecule has 3 rings (SSSR count). The summed E-state index contributed by atoms with van der Waals surface area (Å²) in [5.74, 6) is -0.963. The van der Waals surface area contributed by atoms with Crippen LogP contribution in [0.2, 0.25) is 5.02 Å². The van der Waals surface area contributed by atoms with Gasteiger partial charge in [0.05, 0.1) is 17.4 Å². The van der Waals surface area contributed by atoms with Crippen molar-refractivity contribution in [3.05, 3.63) is 71.5 Å². The highest BCUT2D eigenvalue weighted by Gasteiger charge is 2.08. The Hall–Kier alpha value is -2.59. The van der Waals surface area contributed by atoms with Crippen LogP contribution in [0.4, 0.5) is 0 Å². The second-order valence-corrected chi connectivity index (χ2v) is 4.92. The van der Waals surface area contributed by atoms with Crippen molar-refractivity contribution in [2.45, 2.75) is 0 Å². The van der Waals surface area contributed by atoms with Gasteiger partial charge < -0.3 is 5.11 Å². The topological polar surface area (TPSA) is 55.1 Å². The summed E-state index contributed by atoms with van der Waals surface area (Å²) in [6.07, 6.45) is 3.52. The van der Waals surface area contributed by atoms with Gasteiger partial charge in [-0.05, 0) is 24.3 Å². The van der Waals surface area contributed by atoms with Crippen molar-refractivity contribution in [2.24, 2.45) is 0 Å². The van der Waals surface area contributed by atoms with Crippen LogP contribution in [0, 0.1) is 0 Å². The third kappa shape index (κ3) is 2.66. The van der Waals surface area contributed by atoms with Gasteiger partial charge in [0.25, 0.3) is 0 Å². The van der Waals surface area contributed by atoms with E-state index < -0.39 is 5.97 Å². The summed E-state index contributed by atoms with van der Waals surface area (Å²) < 4.78 is 1.63. The van der Waals surface area contributed by atoms with Gasteiger partial charge in [-0.25, -0.2) is 9.48 Å². The van der Waals surface area contributed by atoms with Crippen LogP contribution in [-0.4, -0.2) is 20.9 Å². The van der Waals surface area contributed by atoms with E-state index in [0.29, 0.717) is 10.7 Å². The second-order valence-electron chi connectivity index (χ2n) is 4.51. The Morgan fingerprint density at radius 1 is 1.14 bits per heavy atom. The SMILES string of the molecule is O=C(O)c1cccc(-n2cc(-c3ccccc3Cl)cn2)c1. The van der Waals surface area contributed by atoms with Gasteiger partial charge in [0, 0.05) is 22.3 Å². The molecule has 0 bridgehead atoms. The summed E-state index contributed by atoms with van der Waals surface area (Å²) >= 11 is 6.17. The molecule has 21 heavy (non-hydrogen) atoms. The first-order valence-corrected chi connectivity index (χ1v) is 6.66. The van der Waals surface area contributed by atoms with Crippen LogP contribution < -0.4 is 0 Å². The largest absolute Gasteiger partial charge is 0.478 e. The number of aromatic nitrogens is 2. The van der Waals surface area contributed by atoms with Crippen LogP contribution in [0.25, 0.3) is 16.8 Å². The standard InChI is InChI=1S/C16H11ClN2O2/c17-15-7-2-1-6-14(15)12-9-18-19(10-12)13-5-3-4-11(8-13)16(20)21/h1-10H,(H,20,21). The molecule has 1 aromatic heterocycles. The van der Waals surface area contributed by atoms with Crippen molar-refractivity contribution >= 4 is 17.6 Å². The first kappa shape index (κ1) is 13.4. The maximum atomic E-state index is 11.0. The van der Waals surface area contributed by atoms with Crippen LogP contribution in [0.1, 0.15) is 10.4 Å². The molecule has 0 unspecified atom stereocenters. The summed E-state index contributed by atoms with van der Waals surface area (Å²) in [7, 11) is 0. The third-order valence-electron chi connectivity index (χ3n) is 3.13. The number of carboxylic acids is 1. The van der Waals surface area contributed by atoms with Crippen LogP contribution in [-0.2, 0) is 0 Å². The van der Waals surface area contributed by atoms with E-state index in [-0.39, 0.29) is 5.56 Å². The Bertz CT molecular complexity index is 811. The minimum absolute atomic E-state index is 0.224. The lowest BCUT2D eigenvalue weighted by Gasteiger charge is -2.03. The number of aromatic carboxylic acids is 1. The Morgan fingerprint density at radius 2 is 1.95 bits per heavy atom. The van der Waals surface area contributed by atoms with Crippen molar-refractivity contribution in [3.63, 3.8) is 0 Å². The molecule has 0 saturated carbocycles. The second kappa shape index (κ2) is 5.42. The monoisotopic (exact) mass is 298 g/mol. The molecule has 0 aliphatic rings. The Kier molecular flexibility index (Phi) is 3.46. The smallest absolute Gasteiger partial charge is 0.335 e. The molecule has 4 nitrogen and oxygen atoms in total. The fourth-order valence-electron chi connectivity index (χ4n) is 2.08. The lowest BCUT2D eigenvalue weighted by Crippen LogP contribution is -1.99. The maximum absolute atomic E-state index is 11.0. The Balaban J connectivity index is 2.01. The predicted molar refractivity (Wildman–Crippen MR) is 81.0 cm³/mol. The van der Waals surface area contributed by atoms with Crippen molar-refractivity contribution in [2.75, 3.05) is 0 Å². The number of benzene rings is 2. The highest BCUT2D eigenvalue weighted by Crippen LogP contribution is 2.27. The average molecular weight is 299 g/mol. The van der Waals surface area contributed by atoms with Gasteiger partial charge >= 0.3 is 5.97 Å². The van der Waals surface area contributed by atoms with Crippen molar-refractivity contribution in [1.82, 2.24) is 9.78 Å². The molecule has 104 valence electrons. The number of carboxylic acid groups (broad SMARTS) is 1. The average Bonchev–Trinajstić information content (AvgIpc) is 2.97. The summed E-state index contributed by atoms with van der Waals surface area (Å²) in [4.78, 5) is 11.0. The highest BCUT2D eigenvalue weighted by molar-refractivity contribution is 6.33. The maximum Gasteiger partial charge on any atom is 0.335 e. The van der Waals surface area contributed by atoms with Crippen LogP contribution in [0.15, 0.2) is 60.9 Å². The van der Waals surface area contributed by atoms with Gasteiger partial charge in [0.15, 0.2) is 0 Å². The number of hydrogen-bond acceptors (Lipinski definition) is 2. The van der Waals surface area contributed by atoms with E-state index in [1.165, 1.54) is 0 Å². The van der Waals surface area contributed by atoms with Crippen LogP contribution in [0.3, 0.4) is 0 Å². The number of halogens is 1. The number of nitrogens with zero attached hydrogens (tertiary/aromatic N) is 2. The fraction of sp³-hybridized carbons (Fsp3) is 0. The molecule has 0 aliphatic carbocycles. The van der Waals surface area contributed by atoms with Gasteiger partial charge in [-0.15, -0.1) is 0 Å². The molecular weight excluding hydrogens is 288 g/mol. The van der Waals surface area contributed by atoms with E-state index in [9.17, 15) is 4.79 Å². The fourth-order valence-corrected chi connectivity index (χ4v) is 2.32. The summed E-state index contributed by atoms with van der Waals surface area (Å²) in [6, 6.07) is 14.1. The van der Waals surface area contributed by atoms with E-state index >= 15 is 0 Å². The molecule has 0 radical (unpaired) electrons. The molecule has 3 aromatic rings. The minimum atomic E-state index is -0.963. The van der Waals surface area contributed by atoms with Gasteiger partial charge in [-0.3, -0.25) is 0 Å². The van der Waals surface area contributed by atoms with Gasteiger partial charge in [-0.1, -0.05) is 35.9 Å². The zero-order valence-electron chi connectivity index (χ0n) is 10.9. The molecule has 0 aliphatic heterocycles. The molecule has 2 aromatic carbocycles. The summed E-state index contributed by atoms with van der Waals surface area (Å²) in [5.41, 5.74) is 2.68. The first-order chi connectivity index (χ1) is 10.1.